The van der Waals surface area contributed by atoms with E-state index in [9.17, 15) is 4.79 Å². The van der Waals surface area contributed by atoms with E-state index in [1.807, 2.05) is 18.2 Å². The minimum atomic E-state index is -0.184. The molecule has 1 amide bonds. The number of rotatable bonds is 6. The normalized spacial score (nSPS) is 10.3. The van der Waals surface area contributed by atoms with Gasteiger partial charge in [0.25, 0.3) is 5.91 Å². The van der Waals surface area contributed by atoms with Crippen LogP contribution in [0.4, 0.5) is 5.69 Å². The fourth-order valence-electron chi connectivity index (χ4n) is 1.61. The third kappa shape index (κ3) is 4.21. The topological polar surface area (TPSA) is 54.0 Å². The molecule has 0 aliphatic heterocycles. The van der Waals surface area contributed by atoms with Crippen LogP contribution in [0.1, 0.15) is 28.7 Å². The zero-order valence-corrected chi connectivity index (χ0v) is 12.7. The Labute approximate surface area is 127 Å². The van der Waals surface area contributed by atoms with Crippen LogP contribution in [0.25, 0.3) is 0 Å². The number of thiophene rings is 1. The van der Waals surface area contributed by atoms with E-state index in [-0.39, 0.29) is 5.91 Å². The Hall–Kier alpha value is -1.59. The summed E-state index contributed by atoms with van der Waals surface area (Å²) in [6.45, 7) is 3.46. The van der Waals surface area contributed by atoms with E-state index in [0.29, 0.717) is 12.2 Å². The zero-order valence-electron chi connectivity index (χ0n) is 11.1. The maximum absolute atomic E-state index is 11.9. The second kappa shape index (κ2) is 7.26. The molecule has 2 aromatic heterocycles. The lowest BCUT2D eigenvalue weighted by molar-refractivity contribution is 0.0946. The summed E-state index contributed by atoms with van der Waals surface area (Å²) in [5, 5.41) is 6.03. The molecule has 0 bridgehead atoms. The van der Waals surface area contributed by atoms with Crippen LogP contribution < -0.4 is 10.6 Å². The van der Waals surface area contributed by atoms with Crippen molar-refractivity contribution in [2.45, 2.75) is 19.9 Å². The highest BCUT2D eigenvalue weighted by Gasteiger charge is 2.07. The first-order valence-electron chi connectivity index (χ1n) is 6.41. The quantitative estimate of drug-likeness (QED) is 0.858. The number of pyridine rings is 1. The van der Waals surface area contributed by atoms with Gasteiger partial charge in [-0.1, -0.05) is 18.5 Å². The van der Waals surface area contributed by atoms with Gasteiger partial charge in [-0.3, -0.25) is 4.79 Å². The Bertz CT molecular complexity index is 568. The van der Waals surface area contributed by atoms with Crippen molar-refractivity contribution < 1.29 is 4.79 Å². The fourth-order valence-corrected chi connectivity index (χ4v) is 2.63. The van der Waals surface area contributed by atoms with Crippen molar-refractivity contribution >= 4 is 34.5 Å². The number of anilines is 1. The van der Waals surface area contributed by atoms with E-state index in [1.54, 1.807) is 12.3 Å². The lowest BCUT2D eigenvalue weighted by atomic mass is 10.3. The van der Waals surface area contributed by atoms with Gasteiger partial charge in [-0.2, -0.15) is 0 Å². The molecule has 0 atom stereocenters. The molecule has 0 fully saturated rings. The smallest absolute Gasteiger partial charge is 0.270 e. The number of aromatic nitrogens is 1. The van der Waals surface area contributed by atoms with Crippen LogP contribution in [0.15, 0.2) is 30.5 Å². The van der Waals surface area contributed by atoms with Gasteiger partial charge in [0, 0.05) is 11.4 Å². The van der Waals surface area contributed by atoms with Crippen molar-refractivity contribution in [3.8, 4) is 0 Å². The minimum absolute atomic E-state index is 0.184. The molecule has 2 rings (SSSR count). The second-order valence-electron chi connectivity index (χ2n) is 4.25. The van der Waals surface area contributed by atoms with Gasteiger partial charge < -0.3 is 10.6 Å². The summed E-state index contributed by atoms with van der Waals surface area (Å²) in [6.07, 6.45) is 2.72. The summed E-state index contributed by atoms with van der Waals surface area (Å²) >= 11 is 7.30. The lowest BCUT2D eigenvalue weighted by Gasteiger charge is -2.06. The standard InChI is InChI=1S/C14H16ClN3OS/c1-2-7-16-10-3-5-12(17-8-10)14(19)18-9-11-4-6-13(15)20-11/h3-6,8,16H,2,7,9H2,1H3,(H,18,19). The van der Waals surface area contributed by atoms with Gasteiger partial charge in [0.15, 0.2) is 0 Å². The second-order valence-corrected chi connectivity index (χ2v) is 6.05. The van der Waals surface area contributed by atoms with Gasteiger partial charge in [-0.15, -0.1) is 11.3 Å². The number of hydrogen-bond donors (Lipinski definition) is 2. The fraction of sp³-hybridized carbons (Fsp3) is 0.286. The molecular formula is C14H16ClN3OS. The summed E-state index contributed by atoms with van der Waals surface area (Å²) in [7, 11) is 0. The highest BCUT2D eigenvalue weighted by molar-refractivity contribution is 7.16. The molecule has 2 aromatic rings. The molecular weight excluding hydrogens is 294 g/mol. The summed E-state index contributed by atoms with van der Waals surface area (Å²) in [5.41, 5.74) is 1.34. The van der Waals surface area contributed by atoms with E-state index < -0.39 is 0 Å². The lowest BCUT2D eigenvalue weighted by Crippen LogP contribution is -2.23. The first-order valence-corrected chi connectivity index (χ1v) is 7.61. The molecule has 106 valence electrons. The Morgan fingerprint density at radius 2 is 2.20 bits per heavy atom. The van der Waals surface area contributed by atoms with E-state index in [2.05, 4.69) is 22.5 Å². The molecule has 0 aliphatic rings. The number of carbonyl (C=O) groups is 1. The molecule has 0 saturated carbocycles. The van der Waals surface area contributed by atoms with Gasteiger partial charge in [-0.25, -0.2) is 4.98 Å². The average molecular weight is 310 g/mol. The SMILES string of the molecule is CCCNc1ccc(C(=O)NCc2ccc(Cl)s2)nc1. The van der Waals surface area contributed by atoms with Crippen molar-refractivity contribution in [3.05, 3.63) is 45.4 Å². The molecule has 0 aromatic carbocycles. The first-order chi connectivity index (χ1) is 9.69. The highest BCUT2D eigenvalue weighted by atomic mass is 35.5. The van der Waals surface area contributed by atoms with Crippen LogP contribution in [0.5, 0.6) is 0 Å². The Morgan fingerprint density at radius 3 is 2.80 bits per heavy atom. The predicted molar refractivity (Wildman–Crippen MR) is 83.5 cm³/mol. The molecule has 0 aliphatic carbocycles. The number of hydrogen-bond acceptors (Lipinski definition) is 4. The molecule has 0 unspecified atom stereocenters. The van der Waals surface area contributed by atoms with Crippen molar-refractivity contribution in [3.63, 3.8) is 0 Å². The Kier molecular flexibility index (Phi) is 5.38. The van der Waals surface area contributed by atoms with Crippen LogP contribution in [-0.4, -0.2) is 17.4 Å². The first kappa shape index (κ1) is 14.8. The molecule has 4 nitrogen and oxygen atoms in total. The summed E-state index contributed by atoms with van der Waals surface area (Å²) in [4.78, 5) is 17.1. The van der Waals surface area contributed by atoms with E-state index in [0.717, 1.165) is 27.9 Å². The Morgan fingerprint density at radius 1 is 1.35 bits per heavy atom. The summed E-state index contributed by atoms with van der Waals surface area (Å²) in [5.74, 6) is -0.184. The number of nitrogens with zero attached hydrogens (tertiary/aromatic N) is 1. The summed E-state index contributed by atoms with van der Waals surface area (Å²) in [6, 6.07) is 7.30. The van der Waals surface area contributed by atoms with Gasteiger partial charge in [-0.05, 0) is 30.7 Å². The van der Waals surface area contributed by atoms with Gasteiger partial charge in [0.05, 0.1) is 22.8 Å². The van der Waals surface area contributed by atoms with Crippen LogP contribution in [0.2, 0.25) is 4.34 Å². The number of carbonyl (C=O) groups excluding carboxylic acids is 1. The van der Waals surface area contributed by atoms with Crippen molar-refractivity contribution in [1.29, 1.82) is 0 Å². The van der Waals surface area contributed by atoms with E-state index in [4.69, 9.17) is 11.6 Å². The summed E-state index contributed by atoms with van der Waals surface area (Å²) < 4.78 is 0.721. The molecule has 6 heteroatoms. The molecule has 2 N–H and O–H groups in total. The molecule has 0 spiro atoms. The third-order valence-electron chi connectivity index (χ3n) is 2.63. The van der Waals surface area contributed by atoms with Gasteiger partial charge >= 0.3 is 0 Å². The molecule has 0 radical (unpaired) electrons. The number of halogens is 1. The van der Waals surface area contributed by atoms with Gasteiger partial charge in [0.2, 0.25) is 0 Å². The molecule has 20 heavy (non-hydrogen) atoms. The third-order valence-corrected chi connectivity index (χ3v) is 3.86. The molecule has 0 saturated heterocycles. The van der Waals surface area contributed by atoms with E-state index in [1.165, 1.54) is 11.3 Å². The average Bonchev–Trinajstić information content (AvgIpc) is 2.89. The Balaban J connectivity index is 1.88. The maximum Gasteiger partial charge on any atom is 0.270 e. The van der Waals surface area contributed by atoms with Crippen LogP contribution >= 0.6 is 22.9 Å². The van der Waals surface area contributed by atoms with Crippen LogP contribution in [-0.2, 0) is 6.54 Å². The monoisotopic (exact) mass is 309 g/mol. The number of amides is 1. The predicted octanol–water partition coefficient (Wildman–Crippen LogP) is 3.55. The largest absolute Gasteiger partial charge is 0.384 e. The van der Waals surface area contributed by atoms with Crippen molar-refractivity contribution in [1.82, 2.24) is 10.3 Å². The van der Waals surface area contributed by atoms with Crippen molar-refractivity contribution in [2.24, 2.45) is 0 Å². The maximum atomic E-state index is 11.9. The zero-order chi connectivity index (χ0) is 14.4. The number of nitrogens with one attached hydrogen (secondary N) is 2. The van der Waals surface area contributed by atoms with Crippen molar-refractivity contribution in [2.75, 3.05) is 11.9 Å². The van der Waals surface area contributed by atoms with Crippen LogP contribution in [0, 0.1) is 0 Å². The van der Waals surface area contributed by atoms with Gasteiger partial charge in [0.1, 0.15) is 5.69 Å². The molecule has 2 heterocycles. The minimum Gasteiger partial charge on any atom is -0.384 e. The van der Waals surface area contributed by atoms with E-state index >= 15 is 0 Å². The highest BCUT2D eigenvalue weighted by Crippen LogP contribution is 2.21. The van der Waals surface area contributed by atoms with Crippen LogP contribution in [0.3, 0.4) is 0 Å².